The molecule has 0 aliphatic carbocycles. The second-order valence-electron chi connectivity index (χ2n) is 7.35. The Balaban J connectivity index is 1.61. The Bertz CT molecular complexity index is 1210. The van der Waals surface area contributed by atoms with Gasteiger partial charge in [0.15, 0.2) is 0 Å². The summed E-state index contributed by atoms with van der Waals surface area (Å²) in [4.78, 5) is 23.9. The van der Waals surface area contributed by atoms with Gasteiger partial charge in [-0.3, -0.25) is 9.78 Å². The summed E-state index contributed by atoms with van der Waals surface area (Å²) in [6.07, 6.45) is 3.91. The van der Waals surface area contributed by atoms with Gasteiger partial charge in [-0.2, -0.15) is 4.31 Å². The minimum atomic E-state index is -3.59. The highest BCUT2D eigenvalue weighted by atomic mass is 32.2. The van der Waals surface area contributed by atoms with Crippen LogP contribution in [0.2, 0.25) is 0 Å². The first-order chi connectivity index (χ1) is 13.8. The first-order valence-corrected chi connectivity index (χ1v) is 10.9. The molecule has 1 atom stereocenters. The van der Waals surface area contributed by atoms with Gasteiger partial charge in [-0.15, -0.1) is 0 Å². The molecule has 1 aliphatic rings. The third-order valence-corrected chi connectivity index (χ3v) is 7.23. The lowest BCUT2D eigenvalue weighted by molar-refractivity contribution is 0.471. The smallest absolute Gasteiger partial charge is 0.251 e. The number of aryl methyl sites for hydroxylation is 2. The zero-order valence-electron chi connectivity index (χ0n) is 16.3. The average Bonchev–Trinajstić information content (AvgIpc) is 3.21. The summed E-state index contributed by atoms with van der Waals surface area (Å²) in [5.74, 6) is 0.342. The molecule has 0 radical (unpaired) electrons. The van der Waals surface area contributed by atoms with Crippen molar-refractivity contribution in [2.45, 2.75) is 31.1 Å². The van der Waals surface area contributed by atoms with Crippen LogP contribution in [0.25, 0.3) is 11.3 Å². The average molecular weight is 410 g/mol. The van der Waals surface area contributed by atoms with E-state index in [-0.39, 0.29) is 18.0 Å². The van der Waals surface area contributed by atoms with Gasteiger partial charge in [0.2, 0.25) is 10.0 Å². The molecule has 1 aliphatic heterocycles. The van der Waals surface area contributed by atoms with Crippen molar-refractivity contribution in [3.05, 3.63) is 76.1 Å². The zero-order valence-corrected chi connectivity index (χ0v) is 17.1. The van der Waals surface area contributed by atoms with Crippen LogP contribution in [0.4, 0.5) is 0 Å². The normalized spacial score (nSPS) is 17.5. The molecule has 0 saturated carbocycles. The molecule has 0 unspecified atom stereocenters. The molecule has 8 heteroatoms. The Morgan fingerprint density at radius 2 is 1.97 bits per heavy atom. The van der Waals surface area contributed by atoms with E-state index < -0.39 is 10.0 Å². The Morgan fingerprint density at radius 3 is 2.69 bits per heavy atom. The van der Waals surface area contributed by atoms with Crippen LogP contribution in [0.1, 0.15) is 29.3 Å². The molecule has 0 amide bonds. The van der Waals surface area contributed by atoms with Gasteiger partial charge in [0.25, 0.3) is 5.56 Å². The first kappa shape index (κ1) is 19.5. The number of rotatable bonds is 4. The zero-order chi connectivity index (χ0) is 20.6. The Kier molecular flexibility index (Phi) is 5.06. The molecule has 3 aromatic rings. The van der Waals surface area contributed by atoms with Crippen LogP contribution in [-0.4, -0.2) is 40.8 Å². The SMILES string of the molecule is Cc1ccc(S(=O)(=O)N2CC[C@@H](c3nc(-c4cccnc4)cc(=O)[nH]3)C2)cc1C. The van der Waals surface area contributed by atoms with E-state index in [0.717, 1.165) is 16.7 Å². The fourth-order valence-electron chi connectivity index (χ4n) is 3.53. The second kappa shape index (κ2) is 7.53. The van der Waals surface area contributed by atoms with Crippen molar-refractivity contribution in [1.29, 1.82) is 0 Å². The second-order valence-corrected chi connectivity index (χ2v) is 9.29. The summed E-state index contributed by atoms with van der Waals surface area (Å²) >= 11 is 0. The van der Waals surface area contributed by atoms with Gasteiger partial charge >= 0.3 is 0 Å². The molecule has 150 valence electrons. The summed E-state index contributed by atoms with van der Waals surface area (Å²) < 4.78 is 27.6. The number of H-pyrrole nitrogens is 1. The Labute approximate surface area is 169 Å². The van der Waals surface area contributed by atoms with E-state index in [1.165, 1.54) is 10.4 Å². The monoisotopic (exact) mass is 410 g/mol. The van der Waals surface area contributed by atoms with Crippen molar-refractivity contribution in [2.75, 3.05) is 13.1 Å². The van der Waals surface area contributed by atoms with Crippen molar-refractivity contribution in [2.24, 2.45) is 0 Å². The lowest BCUT2D eigenvalue weighted by Gasteiger charge is -2.17. The highest BCUT2D eigenvalue weighted by Gasteiger charge is 2.34. The number of hydrogen-bond acceptors (Lipinski definition) is 5. The van der Waals surface area contributed by atoms with E-state index in [1.807, 2.05) is 26.0 Å². The van der Waals surface area contributed by atoms with E-state index in [9.17, 15) is 13.2 Å². The van der Waals surface area contributed by atoms with Gasteiger partial charge in [-0.25, -0.2) is 13.4 Å². The van der Waals surface area contributed by atoms with Crippen LogP contribution in [0.15, 0.2) is 58.5 Å². The minimum Gasteiger partial charge on any atom is -0.310 e. The number of hydrogen-bond donors (Lipinski definition) is 1. The van der Waals surface area contributed by atoms with Crippen molar-refractivity contribution < 1.29 is 8.42 Å². The van der Waals surface area contributed by atoms with Crippen molar-refractivity contribution in [3.63, 3.8) is 0 Å². The fraction of sp³-hybridized carbons (Fsp3) is 0.286. The maximum atomic E-state index is 13.1. The van der Waals surface area contributed by atoms with E-state index in [1.54, 1.807) is 30.6 Å². The molecule has 3 heterocycles. The lowest BCUT2D eigenvalue weighted by atomic mass is 10.1. The molecule has 29 heavy (non-hydrogen) atoms. The lowest BCUT2D eigenvalue weighted by Crippen LogP contribution is -2.29. The summed E-state index contributed by atoms with van der Waals surface area (Å²) in [6.45, 7) is 4.53. The van der Waals surface area contributed by atoms with Crippen LogP contribution < -0.4 is 5.56 Å². The molecule has 1 N–H and O–H groups in total. The van der Waals surface area contributed by atoms with Crippen molar-refractivity contribution in [3.8, 4) is 11.3 Å². The number of benzene rings is 1. The van der Waals surface area contributed by atoms with Gasteiger partial charge in [-0.05, 0) is 55.7 Å². The molecule has 1 saturated heterocycles. The highest BCUT2D eigenvalue weighted by molar-refractivity contribution is 7.89. The van der Waals surface area contributed by atoms with Gasteiger partial charge in [0, 0.05) is 43.0 Å². The Hall–Kier alpha value is -2.84. The van der Waals surface area contributed by atoms with Crippen LogP contribution in [0.5, 0.6) is 0 Å². The summed E-state index contributed by atoms with van der Waals surface area (Å²) in [7, 11) is -3.59. The quantitative estimate of drug-likeness (QED) is 0.713. The van der Waals surface area contributed by atoms with Crippen LogP contribution in [-0.2, 0) is 10.0 Å². The summed E-state index contributed by atoms with van der Waals surface area (Å²) in [5, 5.41) is 0. The van der Waals surface area contributed by atoms with Crippen molar-refractivity contribution in [1.82, 2.24) is 19.3 Å². The fourth-order valence-corrected chi connectivity index (χ4v) is 5.11. The van der Waals surface area contributed by atoms with Crippen LogP contribution in [0, 0.1) is 13.8 Å². The van der Waals surface area contributed by atoms with Gasteiger partial charge in [0.1, 0.15) is 5.82 Å². The molecule has 4 rings (SSSR count). The predicted molar refractivity (Wildman–Crippen MR) is 110 cm³/mol. The number of aromatic nitrogens is 3. The number of aromatic amines is 1. The molecule has 0 bridgehead atoms. The maximum Gasteiger partial charge on any atom is 0.251 e. The van der Waals surface area contributed by atoms with E-state index >= 15 is 0 Å². The third kappa shape index (κ3) is 3.86. The number of pyridine rings is 1. The number of nitrogens with one attached hydrogen (secondary N) is 1. The van der Waals surface area contributed by atoms with Gasteiger partial charge in [0.05, 0.1) is 10.6 Å². The summed E-state index contributed by atoms with van der Waals surface area (Å²) in [5.41, 5.74) is 3.02. The van der Waals surface area contributed by atoms with Crippen LogP contribution >= 0.6 is 0 Å². The Morgan fingerprint density at radius 1 is 1.14 bits per heavy atom. The number of sulfonamides is 1. The molecule has 7 nitrogen and oxygen atoms in total. The van der Waals surface area contributed by atoms with Crippen LogP contribution in [0.3, 0.4) is 0 Å². The highest BCUT2D eigenvalue weighted by Crippen LogP contribution is 2.30. The van der Waals surface area contributed by atoms with Crippen molar-refractivity contribution >= 4 is 10.0 Å². The molecular formula is C21H22N4O3S. The molecule has 2 aromatic heterocycles. The van der Waals surface area contributed by atoms with Gasteiger partial charge < -0.3 is 4.98 Å². The van der Waals surface area contributed by atoms with E-state index in [0.29, 0.717) is 29.4 Å². The van der Waals surface area contributed by atoms with E-state index in [4.69, 9.17) is 0 Å². The van der Waals surface area contributed by atoms with Gasteiger partial charge in [-0.1, -0.05) is 6.07 Å². The summed E-state index contributed by atoms with van der Waals surface area (Å²) in [6, 6.07) is 10.2. The predicted octanol–water partition coefficient (Wildman–Crippen LogP) is 2.63. The maximum absolute atomic E-state index is 13.1. The largest absolute Gasteiger partial charge is 0.310 e. The number of nitrogens with zero attached hydrogens (tertiary/aromatic N) is 3. The molecule has 0 spiro atoms. The topological polar surface area (TPSA) is 96.0 Å². The molecule has 1 aromatic carbocycles. The molecular weight excluding hydrogens is 388 g/mol. The minimum absolute atomic E-state index is 0.166. The first-order valence-electron chi connectivity index (χ1n) is 9.43. The third-order valence-electron chi connectivity index (χ3n) is 5.37. The molecule has 1 fully saturated rings. The standard InChI is InChI=1S/C21H22N4O3S/c1-14-5-6-18(10-15(14)2)29(27,28)25-9-7-17(13-25)21-23-19(11-20(26)24-21)16-4-3-8-22-12-16/h3-6,8,10-12,17H,7,9,13H2,1-2H3,(H,23,24,26)/t17-/m1/s1. The van der Waals surface area contributed by atoms with E-state index in [2.05, 4.69) is 15.0 Å².